The van der Waals surface area contributed by atoms with E-state index in [-0.39, 0.29) is 30.0 Å². The lowest BCUT2D eigenvalue weighted by molar-refractivity contribution is 0.0927. The summed E-state index contributed by atoms with van der Waals surface area (Å²) in [7, 11) is 0. The van der Waals surface area contributed by atoms with E-state index in [2.05, 4.69) is 10.6 Å². The molecule has 2 atom stereocenters. The molecule has 1 aromatic carbocycles. The van der Waals surface area contributed by atoms with Crippen molar-refractivity contribution in [3.05, 3.63) is 35.1 Å². The number of aliphatic hydroxyl groups excluding tert-OH is 1. The number of carbonyl (C=O) groups excluding carboxylic acids is 1. The topological polar surface area (TPSA) is 61.4 Å². The summed E-state index contributed by atoms with van der Waals surface area (Å²) >= 11 is 1.51. The van der Waals surface area contributed by atoms with E-state index in [0.29, 0.717) is 36.5 Å². The summed E-state index contributed by atoms with van der Waals surface area (Å²) in [5, 5.41) is 15.5. The molecule has 0 bridgehead atoms. The average molecular weight is 335 g/mol. The molecular formula is C14H20ClFN2O2S. The highest BCUT2D eigenvalue weighted by atomic mass is 35.5. The molecule has 2 unspecified atom stereocenters. The lowest BCUT2D eigenvalue weighted by Crippen LogP contribution is -2.34. The third-order valence-corrected chi connectivity index (χ3v) is 4.04. The Hall–Kier alpha value is -0.820. The molecule has 0 radical (unpaired) electrons. The summed E-state index contributed by atoms with van der Waals surface area (Å²) in [5.74, 6) is 0.0564. The summed E-state index contributed by atoms with van der Waals surface area (Å²) in [6.45, 7) is 1.68. The van der Waals surface area contributed by atoms with Crippen LogP contribution in [0.5, 0.6) is 0 Å². The highest BCUT2D eigenvalue weighted by molar-refractivity contribution is 7.97. The van der Waals surface area contributed by atoms with Crippen LogP contribution in [0.25, 0.3) is 0 Å². The molecule has 1 heterocycles. The maximum atomic E-state index is 13.5. The standard InChI is InChI=1S/C14H19FN2O2S.ClH/c1-20-8-10-4-9(2-3-12(10)15)14(19)17-6-11-5-16-7-13(11)18;/h2-4,11,13,16,18H,5-8H2,1H3,(H,17,19);1H. The normalized spacial score (nSPS) is 20.9. The molecule has 3 N–H and O–H groups in total. The summed E-state index contributed by atoms with van der Waals surface area (Å²) in [6, 6.07) is 4.40. The van der Waals surface area contributed by atoms with Crippen LogP contribution < -0.4 is 10.6 Å². The minimum absolute atomic E-state index is 0. The second-order valence-electron chi connectivity index (χ2n) is 4.93. The fraction of sp³-hybridized carbons (Fsp3) is 0.500. The highest BCUT2D eigenvalue weighted by Gasteiger charge is 2.25. The van der Waals surface area contributed by atoms with Crippen molar-refractivity contribution in [1.82, 2.24) is 10.6 Å². The number of β-amino-alcohol motifs (C(OH)–C–C–N with tert-alkyl or cyclic N) is 1. The van der Waals surface area contributed by atoms with Gasteiger partial charge in [0.25, 0.3) is 5.91 Å². The summed E-state index contributed by atoms with van der Waals surface area (Å²) in [6.07, 6.45) is 1.47. The Labute approximate surface area is 134 Å². The van der Waals surface area contributed by atoms with Gasteiger partial charge in [-0.3, -0.25) is 4.79 Å². The third kappa shape index (κ3) is 4.85. The lowest BCUT2D eigenvalue weighted by atomic mass is 10.1. The van der Waals surface area contributed by atoms with E-state index in [1.807, 2.05) is 6.26 Å². The molecule has 1 aliphatic rings. The molecule has 0 aromatic heterocycles. The zero-order valence-electron chi connectivity index (χ0n) is 11.8. The van der Waals surface area contributed by atoms with Gasteiger partial charge in [-0.2, -0.15) is 11.8 Å². The largest absolute Gasteiger partial charge is 0.391 e. The van der Waals surface area contributed by atoms with E-state index in [1.54, 1.807) is 6.07 Å². The van der Waals surface area contributed by atoms with Gasteiger partial charge in [0.05, 0.1) is 6.10 Å². The first-order valence-electron chi connectivity index (χ1n) is 6.56. The predicted octanol–water partition coefficient (Wildman–Crippen LogP) is 1.42. The van der Waals surface area contributed by atoms with Gasteiger partial charge in [0.15, 0.2) is 0 Å². The number of benzene rings is 1. The Kier molecular flexibility index (Phi) is 7.45. The van der Waals surface area contributed by atoms with Gasteiger partial charge in [-0.1, -0.05) is 0 Å². The van der Waals surface area contributed by atoms with Gasteiger partial charge in [-0.05, 0) is 30.0 Å². The first-order valence-corrected chi connectivity index (χ1v) is 7.95. The third-order valence-electron chi connectivity index (χ3n) is 3.44. The lowest BCUT2D eigenvalue weighted by Gasteiger charge is -2.14. The van der Waals surface area contributed by atoms with Crippen LogP contribution in [0.15, 0.2) is 18.2 Å². The minimum Gasteiger partial charge on any atom is -0.391 e. The van der Waals surface area contributed by atoms with Crippen molar-refractivity contribution in [2.75, 3.05) is 25.9 Å². The molecule has 1 fully saturated rings. The second-order valence-corrected chi connectivity index (χ2v) is 5.80. The van der Waals surface area contributed by atoms with Crippen LogP contribution in [-0.2, 0) is 5.75 Å². The number of halogens is 2. The van der Waals surface area contributed by atoms with Crippen LogP contribution in [0.3, 0.4) is 0 Å². The average Bonchev–Trinajstić information content (AvgIpc) is 2.84. The molecule has 0 saturated carbocycles. The quantitative estimate of drug-likeness (QED) is 0.762. The van der Waals surface area contributed by atoms with Crippen molar-refractivity contribution >= 4 is 30.1 Å². The molecule has 1 amide bonds. The number of thioether (sulfide) groups is 1. The van der Waals surface area contributed by atoms with Crippen molar-refractivity contribution < 1.29 is 14.3 Å². The smallest absolute Gasteiger partial charge is 0.251 e. The number of hydrogen-bond donors (Lipinski definition) is 3. The van der Waals surface area contributed by atoms with Crippen molar-refractivity contribution in [3.8, 4) is 0 Å². The van der Waals surface area contributed by atoms with Crippen LogP contribution in [0.4, 0.5) is 4.39 Å². The number of nitrogens with one attached hydrogen (secondary N) is 2. The van der Waals surface area contributed by atoms with E-state index in [0.717, 1.165) is 0 Å². The molecule has 7 heteroatoms. The van der Waals surface area contributed by atoms with Crippen molar-refractivity contribution in [2.24, 2.45) is 5.92 Å². The van der Waals surface area contributed by atoms with Gasteiger partial charge in [0, 0.05) is 36.9 Å². The first-order chi connectivity index (χ1) is 9.61. The Morgan fingerprint density at radius 2 is 2.29 bits per heavy atom. The van der Waals surface area contributed by atoms with E-state index >= 15 is 0 Å². The molecule has 1 aliphatic heterocycles. The van der Waals surface area contributed by atoms with Crippen LogP contribution in [-0.4, -0.2) is 43.0 Å². The monoisotopic (exact) mass is 334 g/mol. The summed E-state index contributed by atoms with van der Waals surface area (Å²) < 4.78 is 13.5. The van der Waals surface area contributed by atoms with Gasteiger partial charge >= 0.3 is 0 Å². The highest BCUT2D eigenvalue weighted by Crippen LogP contribution is 2.16. The molecule has 0 aliphatic carbocycles. The number of amides is 1. The summed E-state index contributed by atoms with van der Waals surface area (Å²) in [4.78, 5) is 12.0. The molecule has 1 saturated heterocycles. The van der Waals surface area contributed by atoms with Crippen LogP contribution in [0.1, 0.15) is 15.9 Å². The van der Waals surface area contributed by atoms with Crippen LogP contribution in [0, 0.1) is 11.7 Å². The Bertz CT molecular complexity index is 490. The van der Waals surface area contributed by atoms with E-state index in [1.165, 1.54) is 23.9 Å². The Morgan fingerprint density at radius 3 is 2.90 bits per heavy atom. The second kappa shape index (κ2) is 8.58. The zero-order valence-corrected chi connectivity index (χ0v) is 13.4. The molecule has 1 aromatic rings. The van der Waals surface area contributed by atoms with Gasteiger partial charge in [-0.15, -0.1) is 12.4 Å². The SMILES string of the molecule is CSCc1cc(C(=O)NCC2CNCC2O)ccc1F.Cl. The van der Waals surface area contributed by atoms with E-state index < -0.39 is 6.10 Å². The van der Waals surface area contributed by atoms with E-state index in [4.69, 9.17) is 0 Å². The molecule has 118 valence electrons. The van der Waals surface area contributed by atoms with Crippen molar-refractivity contribution in [1.29, 1.82) is 0 Å². The fourth-order valence-corrected chi connectivity index (χ4v) is 2.77. The Morgan fingerprint density at radius 1 is 1.52 bits per heavy atom. The number of rotatable bonds is 5. The molecule has 4 nitrogen and oxygen atoms in total. The minimum atomic E-state index is -0.421. The van der Waals surface area contributed by atoms with Crippen molar-refractivity contribution in [2.45, 2.75) is 11.9 Å². The summed E-state index contributed by atoms with van der Waals surface area (Å²) in [5.41, 5.74) is 0.989. The van der Waals surface area contributed by atoms with Gasteiger partial charge < -0.3 is 15.7 Å². The maximum absolute atomic E-state index is 13.5. The van der Waals surface area contributed by atoms with Crippen LogP contribution >= 0.6 is 24.2 Å². The number of carbonyl (C=O) groups is 1. The van der Waals surface area contributed by atoms with Gasteiger partial charge in [0.1, 0.15) is 5.82 Å². The molecule has 0 spiro atoms. The number of aliphatic hydroxyl groups is 1. The zero-order chi connectivity index (χ0) is 14.5. The predicted molar refractivity (Wildman–Crippen MR) is 85.6 cm³/mol. The van der Waals surface area contributed by atoms with Gasteiger partial charge in [0.2, 0.25) is 0 Å². The van der Waals surface area contributed by atoms with Crippen molar-refractivity contribution in [3.63, 3.8) is 0 Å². The fourth-order valence-electron chi connectivity index (χ4n) is 2.24. The molecular weight excluding hydrogens is 315 g/mol. The molecule has 21 heavy (non-hydrogen) atoms. The van der Waals surface area contributed by atoms with E-state index in [9.17, 15) is 14.3 Å². The maximum Gasteiger partial charge on any atom is 0.251 e. The Balaban J connectivity index is 0.00000220. The molecule has 2 rings (SSSR count). The first kappa shape index (κ1) is 18.2. The number of hydrogen-bond acceptors (Lipinski definition) is 4. The van der Waals surface area contributed by atoms with Gasteiger partial charge in [-0.25, -0.2) is 4.39 Å². The van der Waals surface area contributed by atoms with Crippen LogP contribution in [0.2, 0.25) is 0 Å².